The second-order valence-electron chi connectivity index (χ2n) is 3.89. The van der Waals surface area contributed by atoms with E-state index in [2.05, 4.69) is 31.1 Å². The fourth-order valence-electron chi connectivity index (χ4n) is 1.24. The van der Waals surface area contributed by atoms with Crippen LogP contribution < -0.4 is 5.73 Å². The Bertz CT molecular complexity index is 278. The highest BCUT2D eigenvalue weighted by molar-refractivity contribution is 7.09. The molecule has 0 saturated carbocycles. The molecule has 2 nitrogen and oxygen atoms in total. The first-order valence-electron chi connectivity index (χ1n) is 4.70. The summed E-state index contributed by atoms with van der Waals surface area (Å²) in [5.41, 5.74) is 7.05. The van der Waals surface area contributed by atoms with Crippen molar-refractivity contribution in [3.63, 3.8) is 0 Å². The van der Waals surface area contributed by atoms with Crippen LogP contribution in [-0.4, -0.2) is 4.98 Å². The van der Waals surface area contributed by atoms with Gasteiger partial charge in [0, 0.05) is 11.1 Å². The number of rotatable bonds is 3. The van der Waals surface area contributed by atoms with Crippen molar-refractivity contribution in [1.82, 2.24) is 4.98 Å². The van der Waals surface area contributed by atoms with E-state index in [1.807, 2.05) is 6.92 Å². The zero-order valence-corrected chi connectivity index (χ0v) is 9.61. The Morgan fingerprint density at radius 2 is 2.31 bits per heavy atom. The summed E-state index contributed by atoms with van der Waals surface area (Å²) in [5.74, 6) is 0.470. The topological polar surface area (TPSA) is 38.9 Å². The molecule has 0 aliphatic heterocycles. The van der Waals surface area contributed by atoms with Gasteiger partial charge in [-0.25, -0.2) is 4.98 Å². The molecule has 2 atom stereocenters. The van der Waals surface area contributed by atoms with Crippen molar-refractivity contribution < 1.29 is 0 Å². The van der Waals surface area contributed by atoms with Crippen LogP contribution in [0.5, 0.6) is 0 Å². The number of aryl methyl sites for hydroxylation is 1. The van der Waals surface area contributed by atoms with Gasteiger partial charge >= 0.3 is 0 Å². The van der Waals surface area contributed by atoms with Gasteiger partial charge in [0.05, 0.1) is 5.54 Å². The van der Waals surface area contributed by atoms with E-state index in [9.17, 15) is 0 Å². The molecule has 0 saturated heterocycles. The van der Waals surface area contributed by atoms with Crippen LogP contribution in [0.15, 0.2) is 5.38 Å². The van der Waals surface area contributed by atoms with E-state index in [0.717, 1.165) is 17.1 Å². The predicted molar refractivity (Wildman–Crippen MR) is 57.8 cm³/mol. The van der Waals surface area contributed by atoms with E-state index in [-0.39, 0.29) is 5.54 Å². The van der Waals surface area contributed by atoms with Gasteiger partial charge in [-0.1, -0.05) is 20.3 Å². The zero-order chi connectivity index (χ0) is 10.1. The van der Waals surface area contributed by atoms with E-state index in [1.165, 1.54) is 0 Å². The molecule has 0 radical (unpaired) electrons. The Morgan fingerprint density at radius 1 is 1.69 bits per heavy atom. The lowest BCUT2D eigenvalue weighted by atomic mass is 9.87. The van der Waals surface area contributed by atoms with Gasteiger partial charge in [-0.15, -0.1) is 11.3 Å². The highest BCUT2D eigenvalue weighted by Crippen LogP contribution is 2.30. The smallest absolute Gasteiger partial charge is 0.113 e. The number of aromatic nitrogens is 1. The summed E-state index contributed by atoms with van der Waals surface area (Å²) >= 11 is 1.66. The third kappa shape index (κ3) is 2.09. The molecule has 1 aromatic rings. The Balaban J connectivity index is 2.92. The van der Waals surface area contributed by atoms with Crippen molar-refractivity contribution in [2.45, 2.75) is 39.7 Å². The van der Waals surface area contributed by atoms with Gasteiger partial charge in [-0.2, -0.15) is 0 Å². The minimum absolute atomic E-state index is 0.270. The van der Waals surface area contributed by atoms with E-state index < -0.39 is 0 Å². The number of nitrogens with two attached hydrogens (primary N) is 1. The van der Waals surface area contributed by atoms with Crippen molar-refractivity contribution >= 4 is 11.3 Å². The monoisotopic (exact) mass is 198 g/mol. The summed E-state index contributed by atoms with van der Waals surface area (Å²) in [6, 6.07) is 0. The van der Waals surface area contributed by atoms with Gasteiger partial charge < -0.3 is 5.73 Å². The number of thiazole rings is 1. The molecule has 13 heavy (non-hydrogen) atoms. The number of hydrogen-bond donors (Lipinski definition) is 1. The predicted octanol–water partition coefficient (Wildman–Crippen LogP) is 2.67. The van der Waals surface area contributed by atoms with Crippen molar-refractivity contribution in [3.05, 3.63) is 16.1 Å². The van der Waals surface area contributed by atoms with Gasteiger partial charge in [0.15, 0.2) is 0 Å². The maximum absolute atomic E-state index is 6.25. The second-order valence-corrected chi connectivity index (χ2v) is 4.74. The summed E-state index contributed by atoms with van der Waals surface area (Å²) in [7, 11) is 0. The molecular formula is C10H18N2S. The first-order chi connectivity index (χ1) is 5.98. The van der Waals surface area contributed by atoms with Crippen molar-refractivity contribution in [1.29, 1.82) is 0 Å². The first kappa shape index (κ1) is 10.7. The average molecular weight is 198 g/mol. The van der Waals surface area contributed by atoms with E-state index in [1.54, 1.807) is 11.3 Å². The van der Waals surface area contributed by atoms with Crippen LogP contribution in [0, 0.1) is 12.8 Å². The van der Waals surface area contributed by atoms with Gasteiger partial charge in [-0.3, -0.25) is 0 Å². The standard InChI is InChI=1S/C10H18N2S/c1-5-7(2)10(4,11)9-12-8(3)6-13-9/h6-7H,5,11H2,1-4H3. The van der Waals surface area contributed by atoms with Crippen LogP contribution >= 0.6 is 11.3 Å². The van der Waals surface area contributed by atoms with Crippen LogP contribution in [0.25, 0.3) is 0 Å². The van der Waals surface area contributed by atoms with Crippen molar-refractivity contribution in [3.8, 4) is 0 Å². The molecule has 3 heteroatoms. The molecule has 0 aliphatic rings. The summed E-state index contributed by atoms with van der Waals surface area (Å²) in [4.78, 5) is 4.44. The summed E-state index contributed by atoms with van der Waals surface area (Å²) < 4.78 is 0. The number of nitrogens with zero attached hydrogens (tertiary/aromatic N) is 1. The van der Waals surface area contributed by atoms with Crippen molar-refractivity contribution in [2.75, 3.05) is 0 Å². The average Bonchev–Trinajstić information content (AvgIpc) is 2.50. The van der Waals surface area contributed by atoms with Gasteiger partial charge in [-0.05, 0) is 19.8 Å². The molecule has 2 unspecified atom stereocenters. The largest absolute Gasteiger partial charge is 0.319 e. The van der Waals surface area contributed by atoms with Crippen LogP contribution in [0.2, 0.25) is 0 Å². The molecule has 0 aromatic carbocycles. The summed E-state index contributed by atoms with van der Waals surface area (Å²) in [6.45, 7) is 8.42. The number of hydrogen-bond acceptors (Lipinski definition) is 3. The molecule has 2 N–H and O–H groups in total. The quantitative estimate of drug-likeness (QED) is 0.811. The minimum Gasteiger partial charge on any atom is -0.319 e. The second kappa shape index (κ2) is 3.76. The Hall–Kier alpha value is -0.410. The summed E-state index contributed by atoms with van der Waals surface area (Å²) in [6.07, 6.45) is 1.09. The van der Waals surface area contributed by atoms with Gasteiger partial charge in [0.1, 0.15) is 5.01 Å². The SMILES string of the molecule is CCC(C)C(C)(N)c1nc(C)cs1. The normalized spacial score (nSPS) is 18.2. The van der Waals surface area contributed by atoms with E-state index in [0.29, 0.717) is 5.92 Å². The lowest BCUT2D eigenvalue weighted by molar-refractivity contribution is 0.314. The molecule has 1 heterocycles. The third-order valence-electron chi connectivity index (χ3n) is 2.72. The third-order valence-corrected chi connectivity index (χ3v) is 3.93. The molecule has 1 rings (SSSR count). The Labute approximate surface area is 84.2 Å². The highest BCUT2D eigenvalue weighted by atomic mass is 32.1. The Morgan fingerprint density at radius 3 is 2.69 bits per heavy atom. The molecule has 0 amide bonds. The first-order valence-corrected chi connectivity index (χ1v) is 5.58. The Kier molecular flexibility index (Phi) is 3.09. The highest BCUT2D eigenvalue weighted by Gasteiger charge is 2.30. The fourth-order valence-corrected chi connectivity index (χ4v) is 2.22. The van der Waals surface area contributed by atoms with Crippen LogP contribution in [0.4, 0.5) is 0 Å². The van der Waals surface area contributed by atoms with Gasteiger partial charge in [0.25, 0.3) is 0 Å². The van der Waals surface area contributed by atoms with Crippen LogP contribution in [0.3, 0.4) is 0 Å². The van der Waals surface area contributed by atoms with E-state index in [4.69, 9.17) is 5.73 Å². The van der Waals surface area contributed by atoms with E-state index >= 15 is 0 Å². The van der Waals surface area contributed by atoms with Gasteiger partial charge in [0.2, 0.25) is 0 Å². The minimum atomic E-state index is -0.270. The lowest BCUT2D eigenvalue weighted by Gasteiger charge is -2.28. The molecule has 1 aromatic heterocycles. The maximum atomic E-state index is 6.25. The molecule has 0 fully saturated rings. The molecular weight excluding hydrogens is 180 g/mol. The lowest BCUT2D eigenvalue weighted by Crippen LogP contribution is -2.39. The zero-order valence-electron chi connectivity index (χ0n) is 8.79. The molecule has 0 bridgehead atoms. The molecule has 0 spiro atoms. The van der Waals surface area contributed by atoms with Crippen LogP contribution in [0.1, 0.15) is 37.9 Å². The summed E-state index contributed by atoms with van der Waals surface area (Å²) in [5, 5.41) is 3.11. The van der Waals surface area contributed by atoms with Crippen molar-refractivity contribution in [2.24, 2.45) is 11.7 Å². The molecule has 74 valence electrons. The maximum Gasteiger partial charge on any atom is 0.113 e. The fraction of sp³-hybridized carbons (Fsp3) is 0.700. The molecule has 0 aliphatic carbocycles. The van der Waals surface area contributed by atoms with Crippen LogP contribution in [-0.2, 0) is 5.54 Å².